The summed E-state index contributed by atoms with van der Waals surface area (Å²) >= 11 is 0. The molecule has 0 atom stereocenters. The first-order valence-electron chi connectivity index (χ1n) is 4.22. The number of amides is 1. The molecule has 2 aromatic carbocycles. The molecular formula is C11H8NO2-. The molecular weight excluding hydrogens is 178 g/mol. The van der Waals surface area contributed by atoms with Gasteiger partial charge in [-0.1, -0.05) is 30.3 Å². The summed E-state index contributed by atoms with van der Waals surface area (Å²) in [5.41, 5.74) is 0.531. The minimum Gasteiger partial charge on any atom is -0.530 e. The van der Waals surface area contributed by atoms with Crippen LogP contribution in [0.25, 0.3) is 10.8 Å². The number of hydrogen-bond acceptors (Lipinski definition) is 2. The molecule has 0 bridgehead atoms. The smallest absolute Gasteiger partial charge is 0.138 e. The summed E-state index contributed by atoms with van der Waals surface area (Å²) in [5.74, 6) is 0. The largest absolute Gasteiger partial charge is 0.530 e. The van der Waals surface area contributed by atoms with Crippen LogP contribution in [0.2, 0.25) is 0 Å². The Labute approximate surface area is 81.0 Å². The Bertz CT molecular complexity index is 479. The van der Waals surface area contributed by atoms with Crippen LogP contribution in [0.3, 0.4) is 0 Å². The Morgan fingerprint density at radius 1 is 1.07 bits per heavy atom. The van der Waals surface area contributed by atoms with Crippen LogP contribution in [0.1, 0.15) is 0 Å². The van der Waals surface area contributed by atoms with Crippen LogP contribution in [-0.2, 0) is 0 Å². The molecule has 3 heteroatoms. The van der Waals surface area contributed by atoms with Crippen LogP contribution < -0.4 is 10.4 Å². The number of fused-ring (bicyclic) bond motifs is 1. The molecule has 0 heterocycles. The third kappa shape index (κ3) is 1.66. The third-order valence-electron chi connectivity index (χ3n) is 2.00. The van der Waals surface area contributed by atoms with Gasteiger partial charge in [-0.05, 0) is 22.9 Å². The van der Waals surface area contributed by atoms with Gasteiger partial charge >= 0.3 is 0 Å². The van der Waals surface area contributed by atoms with Crippen molar-refractivity contribution < 1.29 is 9.90 Å². The highest BCUT2D eigenvalue weighted by molar-refractivity contribution is 5.89. The van der Waals surface area contributed by atoms with E-state index in [1.165, 1.54) is 0 Å². The van der Waals surface area contributed by atoms with Crippen molar-refractivity contribution >= 4 is 22.6 Å². The van der Waals surface area contributed by atoms with Gasteiger partial charge in [0.15, 0.2) is 0 Å². The summed E-state index contributed by atoms with van der Waals surface area (Å²) in [6, 6.07) is 13.1. The first-order chi connectivity index (χ1) is 6.75. The molecule has 3 nitrogen and oxygen atoms in total. The minimum absolute atomic E-state index is 0.531. The lowest BCUT2D eigenvalue weighted by Crippen LogP contribution is -2.28. The van der Waals surface area contributed by atoms with Crippen molar-refractivity contribution in [1.82, 2.24) is 0 Å². The van der Waals surface area contributed by atoms with Crippen LogP contribution in [0, 0.1) is 0 Å². The van der Waals surface area contributed by atoms with E-state index in [2.05, 4.69) is 5.32 Å². The van der Waals surface area contributed by atoms with Gasteiger partial charge in [-0.25, -0.2) is 0 Å². The topological polar surface area (TPSA) is 52.2 Å². The van der Waals surface area contributed by atoms with Gasteiger partial charge in [0.1, 0.15) is 6.09 Å². The summed E-state index contributed by atoms with van der Waals surface area (Å²) in [6.45, 7) is 0. The molecule has 2 aromatic rings. The van der Waals surface area contributed by atoms with Crippen molar-refractivity contribution in [2.75, 3.05) is 5.32 Å². The van der Waals surface area contributed by atoms with Gasteiger partial charge in [0.05, 0.1) is 0 Å². The van der Waals surface area contributed by atoms with Gasteiger partial charge in [-0.2, -0.15) is 0 Å². The highest BCUT2D eigenvalue weighted by Crippen LogP contribution is 2.18. The monoisotopic (exact) mass is 186 g/mol. The Morgan fingerprint density at radius 3 is 2.50 bits per heavy atom. The Kier molecular flexibility index (Phi) is 2.07. The second kappa shape index (κ2) is 3.38. The molecule has 0 saturated carbocycles. The van der Waals surface area contributed by atoms with Gasteiger partial charge in [-0.15, -0.1) is 0 Å². The van der Waals surface area contributed by atoms with E-state index in [0.717, 1.165) is 10.8 Å². The third-order valence-corrected chi connectivity index (χ3v) is 2.00. The first kappa shape index (κ1) is 8.56. The number of carboxylic acid groups (broad SMARTS) is 1. The number of carbonyl (C=O) groups is 1. The number of benzene rings is 2. The van der Waals surface area contributed by atoms with E-state index < -0.39 is 6.09 Å². The lowest BCUT2D eigenvalue weighted by Gasteiger charge is -2.07. The van der Waals surface area contributed by atoms with Crippen LogP contribution in [0.5, 0.6) is 0 Å². The Balaban J connectivity index is 2.46. The second-order valence-electron chi connectivity index (χ2n) is 2.97. The van der Waals surface area contributed by atoms with E-state index in [1.54, 1.807) is 12.1 Å². The summed E-state index contributed by atoms with van der Waals surface area (Å²) in [6.07, 6.45) is -1.29. The molecule has 0 aliphatic heterocycles. The van der Waals surface area contributed by atoms with Gasteiger partial charge in [-0.3, -0.25) is 0 Å². The van der Waals surface area contributed by atoms with Gasteiger partial charge in [0.25, 0.3) is 0 Å². The fourth-order valence-electron chi connectivity index (χ4n) is 1.38. The van der Waals surface area contributed by atoms with Crippen molar-refractivity contribution in [3.8, 4) is 0 Å². The van der Waals surface area contributed by atoms with E-state index >= 15 is 0 Å². The molecule has 0 fully saturated rings. The van der Waals surface area contributed by atoms with Gasteiger partial charge in [0.2, 0.25) is 0 Å². The molecule has 0 aromatic heterocycles. The molecule has 14 heavy (non-hydrogen) atoms. The molecule has 0 aliphatic carbocycles. The fraction of sp³-hybridized carbons (Fsp3) is 0. The van der Waals surface area contributed by atoms with Gasteiger partial charge in [0, 0.05) is 5.69 Å². The standard InChI is InChI=1S/C11H9NO2/c13-11(14)12-10-6-5-8-3-1-2-4-9(8)7-10/h1-7,12H,(H,13,14)/p-1. The van der Waals surface area contributed by atoms with E-state index in [9.17, 15) is 9.90 Å². The molecule has 0 aliphatic rings. The van der Waals surface area contributed by atoms with Crippen LogP contribution in [0.15, 0.2) is 42.5 Å². The van der Waals surface area contributed by atoms with Crippen molar-refractivity contribution in [2.24, 2.45) is 0 Å². The maximum absolute atomic E-state index is 10.3. The van der Waals surface area contributed by atoms with E-state index in [-0.39, 0.29) is 0 Å². The summed E-state index contributed by atoms with van der Waals surface area (Å²) in [7, 11) is 0. The zero-order valence-electron chi connectivity index (χ0n) is 7.36. The molecule has 0 radical (unpaired) electrons. The quantitative estimate of drug-likeness (QED) is 0.735. The second-order valence-corrected chi connectivity index (χ2v) is 2.97. The van der Waals surface area contributed by atoms with Gasteiger partial charge < -0.3 is 15.2 Å². The molecule has 70 valence electrons. The van der Waals surface area contributed by atoms with Crippen LogP contribution in [-0.4, -0.2) is 6.09 Å². The Morgan fingerprint density at radius 2 is 1.79 bits per heavy atom. The summed E-state index contributed by atoms with van der Waals surface area (Å²) < 4.78 is 0. The zero-order valence-corrected chi connectivity index (χ0v) is 7.36. The first-order valence-corrected chi connectivity index (χ1v) is 4.22. The van der Waals surface area contributed by atoms with Crippen LogP contribution in [0.4, 0.5) is 10.5 Å². The molecule has 0 spiro atoms. The lowest BCUT2D eigenvalue weighted by atomic mass is 10.1. The van der Waals surface area contributed by atoms with Crippen molar-refractivity contribution in [3.05, 3.63) is 42.5 Å². The highest BCUT2D eigenvalue weighted by atomic mass is 16.4. The normalized spacial score (nSPS) is 10.0. The maximum Gasteiger partial charge on any atom is 0.138 e. The molecule has 1 amide bonds. The van der Waals surface area contributed by atoms with E-state index in [0.29, 0.717) is 5.69 Å². The average Bonchev–Trinajstić information content (AvgIpc) is 2.17. The zero-order chi connectivity index (χ0) is 9.97. The average molecular weight is 186 g/mol. The minimum atomic E-state index is -1.29. The SMILES string of the molecule is O=C([O-])Nc1ccc2ccccc2c1. The summed E-state index contributed by atoms with van der Waals surface area (Å²) in [5, 5.41) is 14.6. The summed E-state index contributed by atoms with van der Waals surface area (Å²) in [4.78, 5) is 10.3. The number of hydrogen-bond donors (Lipinski definition) is 1. The maximum atomic E-state index is 10.3. The predicted octanol–water partition coefficient (Wildman–Crippen LogP) is 1.59. The van der Waals surface area contributed by atoms with E-state index in [1.807, 2.05) is 30.3 Å². The molecule has 0 saturated heterocycles. The molecule has 1 N–H and O–H groups in total. The van der Waals surface area contributed by atoms with Crippen LogP contribution >= 0.6 is 0 Å². The fourth-order valence-corrected chi connectivity index (χ4v) is 1.38. The number of anilines is 1. The van der Waals surface area contributed by atoms with Crippen molar-refractivity contribution in [1.29, 1.82) is 0 Å². The number of rotatable bonds is 1. The van der Waals surface area contributed by atoms with E-state index in [4.69, 9.17) is 0 Å². The Hall–Kier alpha value is -2.03. The molecule has 2 rings (SSSR count). The molecule has 0 unspecified atom stereocenters. The lowest BCUT2D eigenvalue weighted by molar-refractivity contribution is -0.242. The number of nitrogens with one attached hydrogen (secondary N) is 1. The van der Waals surface area contributed by atoms with Crippen molar-refractivity contribution in [3.63, 3.8) is 0 Å². The predicted molar refractivity (Wildman–Crippen MR) is 53.0 cm³/mol. The number of carbonyl (C=O) groups excluding carboxylic acids is 1. The highest BCUT2D eigenvalue weighted by Gasteiger charge is 1.94. The van der Waals surface area contributed by atoms with Crippen molar-refractivity contribution in [2.45, 2.75) is 0 Å².